The summed E-state index contributed by atoms with van der Waals surface area (Å²) in [6.07, 6.45) is 0. The predicted octanol–water partition coefficient (Wildman–Crippen LogP) is 5.11. The normalized spacial score (nSPS) is 10.6. The van der Waals surface area contributed by atoms with Crippen LogP contribution in [0.4, 0.5) is 0 Å². The number of hydrogen-bond donors (Lipinski definition) is 0. The Hall–Kier alpha value is -2.44. The molecule has 26 heavy (non-hydrogen) atoms. The highest BCUT2D eigenvalue weighted by molar-refractivity contribution is 7.91. The molecule has 0 spiro atoms. The molecule has 0 atom stereocenters. The Morgan fingerprint density at radius 1 is 0.615 bits per heavy atom. The standard InChI is InChI=1S/C13H11O2P.C10H14/c14-11-16(15,12-7-3-1-4-8-12)13-9-5-2-6-10-13;1-7-5-9(3)10(4)6-8(7)2/h1-11H;5-6H,1-4H3. The van der Waals surface area contributed by atoms with E-state index in [-0.39, 0.29) is 0 Å². The van der Waals surface area contributed by atoms with Gasteiger partial charge in [0.15, 0.2) is 6.03 Å². The maximum Gasteiger partial charge on any atom is 0.201 e. The van der Waals surface area contributed by atoms with Crippen molar-refractivity contribution in [3.05, 3.63) is 95.1 Å². The van der Waals surface area contributed by atoms with Crippen LogP contribution in [-0.4, -0.2) is 6.03 Å². The van der Waals surface area contributed by atoms with Crippen molar-refractivity contribution in [2.45, 2.75) is 27.7 Å². The smallest absolute Gasteiger partial charge is 0.201 e. The summed E-state index contributed by atoms with van der Waals surface area (Å²) in [5, 5.41) is 1.16. The van der Waals surface area contributed by atoms with E-state index in [1.54, 1.807) is 48.5 Å². The van der Waals surface area contributed by atoms with E-state index in [1.165, 1.54) is 22.3 Å². The van der Waals surface area contributed by atoms with Crippen LogP contribution >= 0.6 is 7.14 Å². The second-order valence-corrected chi connectivity index (χ2v) is 9.01. The van der Waals surface area contributed by atoms with Crippen molar-refractivity contribution in [2.24, 2.45) is 0 Å². The quantitative estimate of drug-likeness (QED) is 0.478. The summed E-state index contributed by atoms with van der Waals surface area (Å²) in [5.41, 5.74) is 5.57. The Labute approximate surface area is 156 Å². The monoisotopic (exact) mass is 364 g/mol. The average molecular weight is 364 g/mol. The van der Waals surface area contributed by atoms with Crippen LogP contribution in [0, 0.1) is 27.7 Å². The molecule has 3 heteroatoms. The van der Waals surface area contributed by atoms with Gasteiger partial charge >= 0.3 is 0 Å². The van der Waals surface area contributed by atoms with E-state index in [2.05, 4.69) is 39.8 Å². The van der Waals surface area contributed by atoms with Crippen molar-refractivity contribution >= 4 is 23.8 Å². The van der Waals surface area contributed by atoms with Crippen molar-refractivity contribution in [1.82, 2.24) is 0 Å². The molecule has 0 aliphatic rings. The van der Waals surface area contributed by atoms with E-state index >= 15 is 0 Å². The summed E-state index contributed by atoms with van der Waals surface area (Å²) in [5.74, 6) is 0. The van der Waals surface area contributed by atoms with Crippen LogP contribution in [0.2, 0.25) is 0 Å². The lowest BCUT2D eigenvalue weighted by Gasteiger charge is -2.11. The molecule has 3 aromatic carbocycles. The maximum absolute atomic E-state index is 12.6. The molecule has 0 unspecified atom stereocenters. The number of hydrogen-bond acceptors (Lipinski definition) is 2. The minimum Gasteiger partial charge on any atom is -0.306 e. The van der Waals surface area contributed by atoms with Gasteiger partial charge in [-0.3, -0.25) is 4.79 Å². The van der Waals surface area contributed by atoms with Gasteiger partial charge in [0.25, 0.3) is 0 Å². The summed E-state index contributed by atoms with van der Waals surface area (Å²) in [4.78, 5) is 11.2. The number of rotatable bonds is 3. The zero-order valence-corrected chi connectivity index (χ0v) is 16.7. The first-order chi connectivity index (χ1) is 12.4. The van der Waals surface area contributed by atoms with Crippen LogP contribution in [0.15, 0.2) is 72.8 Å². The van der Waals surface area contributed by atoms with E-state index in [1.807, 2.05) is 12.1 Å². The fraction of sp³-hybridized carbons (Fsp3) is 0.174. The van der Waals surface area contributed by atoms with Crippen molar-refractivity contribution in [2.75, 3.05) is 0 Å². The van der Waals surface area contributed by atoms with Gasteiger partial charge in [-0.25, -0.2) is 0 Å². The van der Waals surface area contributed by atoms with Gasteiger partial charge in [-0.05, 0) is 49.9 Å². The predicted molar refractivity (Wildman–Crippen MR) is 112 cm³/mol. The molecule has 0 radical (unpaired) electrons. The number of aryl methyl sites for hydroxylation is 4. The first kappa shape index (κ1) is 19.9. The molecule has 0 heterocycles. The molecule has 0 saturated heterocycles. The third-order valence-electron chi connectivity index (χ3n) is 4.54. The van der Waals surface area contributed by atoms with E-state index in [9.17, 15) is 9.36 Å². The Morgan fingerprint density at radius 3 is 1.19 bits per heavy atom. The zero-order valence-electron chi connectivity index (χ0n) is 15.8. The van der Waals surface area contributed by atoms with Crippen molar-refractivity contribution < 1.29 is 9.36 Å². The van der Waals surface area contributed by atoms with Gasteiger partial charge in [0.2, 0.25) is 7.14 Å². The molecular weight excluding hydrogens is 339 g/mol. The SMILES string of the molecule is Cc1cc(C)c(C)cc1C.O=CP(=O)(c1ccccc1)c1ccccc1. The highest BCUT2D eigenvalue weighted by Gasteiger charge is 2.25. The molecule has 0 aliphatic carbocycles. The second kappa shape index (κ2) is 8.78. The molecule has 0 saturated carbocycles. The van der Waals surface area contributed by atoms with Crippen LogP contribution in [0.1, 0.15) is 22.3 Å². The van der Waals surface area contributed by atoms with Gasteiger partial charge in [-0.1, -0.05) is 72.8 Å². The molecule has 0 aromatic heterocycles. The summed E-state index contributed by atoms with van der Waals surface area (Å²) >= 11 is 0. The Balaban J connectivity index is 0.000000209. The van der Waals surface area contributed by atoms with Crippen molar-refractivity contribution in [3.8, 4) is 0 Å². The minimum absolute atomic E-state index is 0.567. The molecule has 0 amide bonds. The maximum atomic E-state index is 12.6. The fourth-order valence-corrected chi connectivity index (χ4v) is 4.45. The molecule has 0 bridgehead atoms. The number of benzene rings is 3. The van der Waals surface area contributed by atoms with Gasteiger partial charge in [-0.15, -0.1) is 0 Å². The number of carbonyl (C=O) groups is 1. The van der Waals surface area contributed by atoms with Gasteiger partial charge in [-0.2, -0.15) is 0 Å². The van der Waals surface area contributed by atoms with Gasteiger partial charge < -0.3 is 4.57 Å². The molecule has 134 valence electrons. The topological polar surface area (TPSA) is 34.1 Å². The van der Waals surface area contributed by atoms with Crippen LogP contribution in [0.25, 0.3) is 0 Å². The summed E-state index contributed by atoms with van der Waals surface area (Å²) < 4.78 is 12.6. The van der Waals surface area contributed by atoms with Crippen LogP contribution < -0.4 is 10.6 Å². The largest absolute Gasteiger partial charge is 0.306 e. The highest BCUT2D eigenvalue weighted by atomic mass is 31.2. The van der Waals surface area contributed by atoms with E-state index < -0.39 is 7.14 Å². The van der Waals surface area contributed by atoms with Crippen molar-refractivity contribution in [3.63, 3.8) is 0 Å². The molecule has 0 aliphatic heterocycles. The lowest BCUT2D eigenvalue weighted by atomic mass is 10.0. The molecule has 0 N–H and O–H groups in total. The first-order valence-corrected chi connectivity index (χ1v) is 10.4. The van der Waals surface area contributed by atoms with E-state index in [4.69, 9.17) is 0 Å². The first-order valence-electron chi connectivity index (χ1n) is 8.60. The zero-order chi connectivity index (χ0) is 19.2. The summed E-state index contributed by atoms with van der Waals surface area (Å²) in [6.45, 7) is 8.62. The molecule has 3 rings (SSSR count). The summed E-state index contributed by atoms with van der Waals surface area (Å²) in [7, 11) is -3.09. The van der Waals surface area contributed by atoms with Crippen molar-refractivity contribution in [1.29, 1.82) is 0 Å². The summed E-state index contributed by atoms with van der Waals surface area (Å²) in [6, 6.07) is 22.8. The van der Waals surface area contributed by atoms with Gasteiger partial charge in [0, 0.05) is 10.6 Å². The van der Waals surface area contributed by atoms with E-state index in [0.29, 0.717) is 16.6 Å². The van der Waals surface area contributed by atoms with E-state index in [0.717, 1.165) is 0 Å². The third-order valence-corrected chi connectivity index (χ3v) is 6.97. The van der Waals surface area contributed by atoms with Crippen LogP contribution in [-0.2, 0) is 9.36 Å². The van der Waals surface area contributed by atoms with Crippen LogP contribution in [0.3, 0.4) is 0 Å². The lowest BCUT2D eigenvalue weighted by molar-refractivity contribution is 0.557. The Kier molecular flexibility index (Phi) is 6.71. The second-order valence-electron chi connectivity index (χ2n) is 6.46. The Bertz CT molecular complexity index is 822. The fourth-order valence-electron chi connectivity index (χ4n) is 2.67. The molecule has 0 fully saturated rings. The molecule has 3 aromatic rings. The minimum atomic E-state index is -3.09. The lowest BCUT2D eigenvalue weighted by Crippen LogP contribution is -2.16. The number of carbonyl (C=O) groups excluding carboxylic acids is 1. The van der Waals surface area contributed by atoms with Crippen LogP contribution in [0.5, 0.6) is 0 Å². The Morgan fingerprint density at radius 2 is 0.923 bits per heavy atom. The highest BCUT2D eigenvalue weighted by Crippen LogP contribution is 2.39. The third kappa shape index (κ3) is 4.59. The molecule has 2 nitrogen and oxygen atoms in total. The average Bonchev–Trinajstić information content (AvgIpc) is 2.68. The molecular formula is C23H25O2P. The van der Waals surface area contributed by atoms with Gasteiger partial charge in [0.1, 0.15) is 0 Å². The van der Waals surface area contributed by atoms with Gasteiger partial charge in [0.05, 0.1) is 0 Å².